The second-order valence-corrected chi connectivity index (χ2v) is 3.19. The van der Waals surface area contributed by atoms with Crippen molar-refractivity contribution in [2.45, 2.75) is 6.92 Å². The van der Waals surface area contributed by atoms with Crippen LogP contribution in [0.1, 0.15) is 5.56 Å². The molecule has 0 fully saturated rings. The van der Waals surface area contributed by atoms with E-state index in [-0.39, 0.29) is 0 Å². The second-order valence-electron chi connectivity index (χ2n) is 2.81. The van der Waals surface area contributed by atoms with Crippen molar-refractivity contribution in [3.05, 3.63) is 41.2 Å². The van der Waals surface area contributed by atoms with Gasteiger partial charge in [-0.15, -0.1) is 5.10 Å². The number of nitrogens with zero attached hydrogens (tertiary/aromatic N) is 3. The molecule has 0 unspecified atom stereocenters. The maximum Gasteiger partial charge on any atom is 0.153 e. The van der Waals surface area contributed by atoms with Gasteiger partial charge in [-0.3, -0.25) is 0 Å². The van der Waals surface area contributed by atoms with Crippen LogP contribution >= 0.6 is 11.6 Å². The van der Waals surface area contributed by atoms with Crippen molar-refractivity contribution in [3.63, 3.8) is 0 Å². The second kappa shape index (κ2) is 3.18. The minimum atomic E-state index is 0.519. The van der Waals surface area contributed by atoms with Crippen LogP contribution in [0.5, 0.6) is 0 Å². The number of aromatic nitrogens is 3. The number of hydrogen-bond donors (Lipinski definition) is 0. The highest BCUT2D eigenvalue weighted by Gasteiger charge is 2.02. The van der Waals surface area contributed by atoms with E-state index in [9.17, 15) is 0 Å². The Morgan fingerprint density at radius 2 is 2.23 bits per heavy atom. The van der Waals surface area contributed by atoms with Gasteiger partial charge in [0.05, 0.1) is 11.9 Å². The third kappa shape index (κ3) is 1.55. The van der Waals surface area contributed by atoms with Crippen LogP contribution < -0.4 is 0 Å². The Kier molecular flexibility index (Phi) is 2.02. The highest BCUT2D eigenvalue weighted by Crippen LogP contribution is 2.14. The molecule has 1 aromatic heterocycles. The zero-order chi connectivity index (χ0) is 9.26. The molecular formula is C9H8ClN3. The lowest BCUT2D eigenvalue weighted by Gasteiger charge is -2.01. The monoisotopic (exact) mass is 193 g/mol. The molecule has 1 heterocycles. The summed E-state index contributed by atoms with van der Waals surface area (Å²) in [6, 6.07) is 7.92. The van der Waals surface area contributed by atoms with E-state index in [1.807, 2.05) is 31.2 Å². The Bertz CT molecular complexity index is 422. The molecule has 0 aliphatic rings. The summed E-state index contributed by atoms with van der Waals surface area (Å²) in [5.41, 5.74) is 2.10. The molecule has 0 bridgehead atoms. The standard InChI is InChI=1S/C9H8ClN3/c1-7-3-2-4-8(5-7)13-9(10)6-11-12-13/h2-6H,1H3. The Labute approximate surface area is 81.0 Å². The van der Waals surface area contributed by atoms with Crippen molar-refractivity contribution in [1.29, 1.82) is 0 Å². The predicted molar refractivity (Wildman–Crippen MR) is 51.1 cm³/mol. The van der Waals surface area contributed by atoms with Gasteiger partial charge in [-0.05, 0) is 24.6 Å². The van der Waals surface area contributed by atoms with E-state index in [2.05, 4.69) is 10.3 Å². The lowest BCUT2D eigenvalue weighted by atomic mass is 10.2. The van der Waals surface area contributed by atoms with E-state index in [1.54, 1.807) is 4.68 Å². The number of rotatable bonds is 1. The fourth-order valence-corrected chi connectivity index (χ4v) is 1.33. The van der Waals surface area contributed by atoms with E-state index < -0.39 is 0 Å². The van der Waals surface area contributed by atoms with E-state index in [4.69, 9.17) is 11.6 Å². The molecule has 3 nitrogen and oxygen atoms in total. The van der Waals surface area contributed by atoms with Gasteiger partial charge in [-0.2, -0.15) is 0 Å². The molecular weight excluding hydrogens is 186 g/mol. The molecule has 0 aliphatic carbocycles. The van der Waals surface area contributed by atoms with Crippen LogP contribution in [0.4, 0.5) is 0 Å². The van der Waals surface area contributed by atoms with Gasteiger partial charge < -0.3 is 0 Å². The quantitative estimate of drug-likeness (QED) is 0.696. The van der Waals surface area contributed by atoms with Crippen LogP contribution in [-0.4, -0.2) is 15.0 Å². The Hall–Kier alpha value is -1.35. The molecule has 66 valence electrons. The molecule has 2 rings (SSSR count). The highest BCUT2D eigenvalue weighted by atomic mass is 35.5. The fourth-order valence-electron chi connectivity index (χ4n) is 1.16. The van der Waals surface area contributed by atoms with Crippen LogP contribution in [0.2, 0.25) is 5.15 Å². The van der Waals surface area contributed by atoms with Crippen LogP contribution in [0, 0.1) is 6.92 Å². The molecule has 0 radical (unpaired) electrons. The van der Waals surface area contributed by atoms with Crippen LogP contribution in [0.25, 0.3) is 5.69 Å². The Morgan fingerprint density at radius 3 is 2.85 bits per heavy atom. The first kappa shape index (κ1) is 8.26. The maximum atomic E-state index is 5.86. The predicted octanol–water partition coefficient (Wildman–Crippen LogP) is 2.23. The zero-order valence-corrected chi connectivity index (χ0v) is 7.86. The Morgan fingerprint density at radius 1 is 1.38 bits per heavy atom. The molecule has 0 amide bonds. The molecule has 0 saturated heterocycles. The summed E-state index contributed by atoms with van der Waals surface area (Å²) in [5.74, 6) is 0. The lowest BCUT2D eigenvalue weighted by Crippen LogP contribution is -1.96. The molecule has 1 aromatic carbocycles. The summed E-state index contributed by atoms with van der Waals surface area (Å²) >= 11 is 5.86. The van der Waals surface area contributed by atoms with E-state index >= 15 is 0 Å². The van der Waals surface area contributed by atoms with Gasteiger partial charge in [-0.25, -0.2) is 4.68 Å². The van der Waals surface area contributed by atoms with Crippen molar-refractivity contribution in [2.75, 3.05) is 0 Å². The van der Waals surface area contributed by atoms with Crippen LogP contribution in [0.15, 0.2) is 30.5 Å². The summed E-state index contributed by atoms with van der Waals surface area (Å²) < 4.78 is 1.59. The van der Waals surface area contributed by atoms with E-state index in [0.29, 0.717) is 5.15 Å². The first-order valence-corrected chi connectivity index (χ1v) is 4.28. The van der Waals surface area contributed by atoms with E-state index in [0.717, 1.165) is 5.69 Å². The number of aryl methyl sites for hydroxylation is 1. The Balaban J connectivity index is 2.53. The van der Waals surface area contributed by atoms with Gasteiger partial charge >= 0.3 is 0 Å². The average molecular weight is 194 g/mol. The molecule has 13 heavy (non-hydrogen) atoms. The summed E-state index contributed by atoms with van der Waals surface area (Å²) in [6.45, 7) is 2.02. The van der Waals surface area contributed by atoms with Gasteiger partial charge in [0.15, 0.2) is 5.15 Å². The van der Waals surface area contributed by atoms with Gasteiger partial charge in [-0.1, -0.05) is 28.9 Å². The minimum absolute atomic E-state index is 0.519. The van der Waals surface area contributed by atoms with Crippen molar-refractivity contribution >= 4 is 11.6 Å². The lowest BCUT2D eigenvalue weighted by molar-refractivity contribution is 0.803. The van der Waals surface area contributed by atoms with Crippen LogP contribution in [0.3, 0.4) is 0 Å². The highest BCUT2D eigenvalue weighted by molar-refractivity contribution is 6.29. The summed E-state index contributed by atoms with van der Waals surface area (Å²) in [6.07, 6.45) is 1.52. The van der Waals surface area contributed by atoms with Crippen molar-refractivity contribution in [1.82, 2.24) is 15.0 Å². The van der Waals surface area contributed by atoms with Crippen molar-refractivity contribution in [2.24, 2.45) is 0 Å². The molecule has 0 N–H and O–H groups in total. The molecule has 0 atom stereocenters. The average Bonchev–Trinajstić information content (AvgIpc) is 2.51. The van der Waals surface area contributed by atoms with Gasteiger partial charge in [0, 0.05) is 0 Å². The normalized spacial score (nSPS) is 10.3. The van der Waals surface area contributed by atoms with Gasteiger partial charge in [0.25, 0.3) is 0 Å². The van der Waals surface area contributed by atoms with Gasteiger partial charge in [0.1, 0.15) is 0 Å². The summed E-state index contributed by atoms with van der Waals surface area (Å²) in [5, 5.41) is 8.09. The zero-order valence-electron chi connectivity index (χ0n) is 7.11. The van der Waals surface area contributed by atoms with Crippen molar-refractivity contribution in [3.8, 4) is 5.69 Å². The summed E-state index contributed by atoms with van der Waals surface area (Å²) in [7, 11) is 0. The first-order chi connectivity index (χ1) is 6.27. The molecule has 4 heteroatoms. The third-order valence-corrected chi connectivity index (χ3v) is 2.01. The fraction of sp³-hybridized carbons (Fsp3) is 0.111. The van der Waals surface area contributed by atoms with Gasteiger partial charge in [0.2, 0.25) is 0 Å². The SMILES string of the molecule is Cc1cccc(-n2nncc2Cl)c1. The number of benzene rings is 1. The third-order valence-electron chi connectivity index (χ3n) is 1.75. The van der Waals surface area contributed by atoms with Crippen LogP contribution in [-0.2, 0) is 0 Å². The largest absolute Gasteiger partial charge is 0.202 e. The molecule has 0 saturated carbocycles. The topological polar surface area (TPSA) is 30.7 Å². The number of halogens is 1. The maximum absolute atomic E-state index is 5.86. The number of hydrogen-bond acceptors (Lipinski definition) is 2. The summed E-state index contributed by atoms with van der Waals surface area (Å²) in [4.78, 5) is 0. The molecule has 0 aliphatic heterocycles. The minimum Gasteiger partial charge on any atom is -0.202 e. The molecule has 0 spiro atoms. The van der Waals surface area contributed by atoms with E-state index in [1.165, 1.54) is 11.8 Å². The first-order valence-electron chi connectivity index (χ1n) is 3.90. The van der Waals surface area contributed by atoms with Crippen molar-refractivity contribution < 1.29 is 0 Å². The molecule has 2 aromatic rings. The smallest absolute Gasteiger partial charge is 0.153 e.